The quantitative estimate of drug-likeness (QED) is 0.799. The third kappa shape index (κ3) is 4.64. The van der Waals surface area contributed by atoms with Gasteiger partial charge < -0.3 is 10.1 Å². The number of nitrogens with one attached hydrogen (secondary N) is 1. The summed E-state index contributed by atoms with van der Waals surface area (Å²) in [7, 11) is 0. The van der Waals surface area contributed by atoms with Crippen molar-refractivity contribution in [2.45, 2.75) is 20.4 Å². The minimum Gasteiger partial charge on any atom is -0.493 e. The predicted molar refractivity (Wildman–Crippen MR) is 85.5 cm³/mol. The van der Waals surface area contributed by atoms with Crippen LogP contribution in [0.25, 0.3) is 0 Å². The lowest BCUT2D eigenvalue weighted by Gasteiger charge is -2.12. The first-order chi connectivity index (χ1) is 10.1. The van der Waals surface area contributed by atoms with E-state index < -0.39 is 0 Å². The number of benzene rings is 2. The van der Waals surface area contributed by atoms with Gasteiger partial charge in [-0.05, 0) is 24.1 Å². The molecule has 0 aliphatic heterocycles. The van der Waals surface area contributed by atoms with Gasteiger partial charge in [0.25, 0.3) is 0 Å². The third-order valence-electron chi connectivity index (χ3n) is 2.93. The van der Waals surface area contributed by atoms with Gasteiger partial charge in [0.15, 0.2) is 0 Å². The summed E-state index contributed by atoms with van der Waals surface area (Å²) in [5.74, 6) is 0.904. The Hall–Kier alpha value is -1.74. The Kier molecular flexibility index (Phi) is 5.45. The average Bonchev–Trinajstić information content (AvgIpc) is 2.47. The van der Waals surface area contributed by atoms with Crippen molar-refractivity contribution < 1.29 is 9.13 Å². The topological polar surface area (TPSA) is 21.3 Å². The van der Waals surface area contributed by atoms with Gasteiger partial charge in [-0.25, -0.2) is 4.39 Å². The lowest BCUT2D eigenvalue weighted by atomic mass is 10.2. The van der Waals surface area contributed by atoms with Crippen molar-refractivity contribution in [1.82, 2.24) is 0 Å². The summed E-state index contributed by atoms with van der Waals surface area (Å²) in [5, 5.41) is 3.32. The highest BCUT2D eigenvalue weighted by Gasteiger charge is 2.06. The molecular weight excluding hydrogens is 289 g/mol. The highest BCUT2D eigenvalue weighted by molar-refractivity contribution is 6.30. The summed E-state index contributed by atoms with van der Waals surface area (Å²) in [4.78, 5) is 0. The molecule has 0 fully saturated rings. The van der Waals surface area contributed by atoms with Gasteiger partial charge in [0, 0.05) is 23.9 Å². The van der Waals surface area contributed by atoms with Crippen LogP contribution in [0.4, 0.5) is 10.1 Å². The summed E-state index contributed by atoms with van der Waals surface area (Å²) < 4.78 is 19.5. The fraction of sp³-hybridized carbons (Fsp3) is 0.294. The van der Waals surface area contributed by atoms with Gasteiger partial charge in [0.05, 0.1) is 11.6 Å². The maximum Gasteiger partial charge on any atom is 0.146 e. The molecule has 0 saturated heterocycles. The summed E-state index contributed by atoms with van der Waals surface area (Å²) in [6, 6.07) is 12.6. The molecule has 21 heavy (non-hydrogen) atoms. The second kappa shape index (κ2) is 7.32. The molecule has 0 amide bonds. The summed E-state index contributed by atoms with van der Waals surface area (Å²) in [6.45, 7) is 5.25. The van der Waals surface area contributed by atoms with Crippen LogP contribution in [0, 0.1) is 11.7 Å². The van der Waals surface area contributed by atoms with Crippen LogP contribution in [0.2, 0.25) is 5.02 Å². The van der Waals surface area contributed by atoms with E-state index in [1.165, 1.54) is 0 Å². The van der Waals surface area contributed by atoms with Crippen molar-refractivity contribution in [3.8, 4) is 5.75 Å². The third-order valence-corrected chi connectivity index (χ3v) is 3.22. The van der Waals surface area contributed by atoms with E-state index in [9.17, 15) is 4.39 Å². The summed E-state index contributed by atoms with van der Waals surface area (Å²) >= 11 is 5.77. The Morgan fingerprint density at radius 1 is 1.19 bits per heavy atom. The highest BCUT2D eigenvalue weighted by Crippen LogP contribution is 2.21. The molecule has 2 aromatic carbocycles. The zero-order valence-corrected chi connectivity index (χ0v) is 13.0. The molecule has 0 bridgehead atoms. The molecule has 0 radical (unpaired) electrons. The van der Waals surface area contributed by atoms with Crippen LogP contribution in [0.5, 0.6) is 5.75 Å². The van der Waals surface area contributed by atoms with Crippen LogP contribution in [0.15, 0.2) is 42.5 Å². The molecule has 0 saturated carbocycles. The first-order valence-corrected chi connectivity index (χ1v) is 7.33. The Bertz CT molecular complexity index is 601. The Labute approximate surface area is 129 Å². The normalized spacial score (nSPS) is 10.7. The molecule has 0 aliphatic carbocycles. The van der Waals surface area contributed by atoms with Gasteiger partial charge in [-0.1, -0.05) is 43.6 Å². The number of hydrogen-bond donors (Lipinski definition) is 1. The molecule has 2 aromatic rings. The zero-order chi connectivity index (χ0) is 15.2. The van der Waals surface area contributed by atoms with Gasteiger partial charge in [0.1, 0.15) is 11.6 Å². The Morgan fingerprint density at radius 3 is 2.71 bits per heavy atom. The van der Waals surface area contributed by atoms with E-state index in [2.05, 4.69) is 19.2 Å². The van der Waals surface area contributed by atoms with Crippen molar-refractivity contribution in [2.75, 3.05) is 11.9 Å². The van der Waals surface area contributed by atoms with Crippen LogP contribution in [0.3, 0.4) is 0 Å². The molecule has 112 valence electrons. The smallest absolute Gasteiger partial charge is 0.146 e. The number of anilines is 1. The van der Waals surface area contributed by atoms with Crippen LogP contribution in [-0.4, -0.2) is 6.61 Å². The first-order valence-electron chi connectivity index (χ1n) is 6.96. The molecule has 0 spiro atoms. The number of rotatable bonds is 6. The largest absolute Gasteiger partial charge is 0.493 e. The highest BCUT2D eigenvalue weighted by atomic mass is 35.5. The molecule has 2 rings (SSSR count). The van der Waals surface area contributed by atoms with Crippen LogP contribution in [-0.2, 0) is 6.54 Å². The van der Waals surface area contributed by atoms with Gasteiger partial charge >= 0.3 is 0 Å². The van der Waals surface area contributed by atoms with E-state index in [0.29, 0.717) is 24.6 Å². The Morgan fingerprint density at radius 2 is 1.95 bits per heavy atom. The SMILES string of the molecule is CC(C)COc1cccc(NCc2cccc(Cl)c2F)c1. The molecule has 0 aromatic heterocycles. The second-order valence-corrected chi connectivity index (χ2v) is 5.71. The lowest BCUT2D eigenvalue weighted by molar-refractivity contribution is 0.271. The van der Waals surface area contributed by atoms with Crippen molar-refractivity contribution in [1.29, 1.82) is 0 Å². The van der Waals surface area contributed by atoms with E-state index >= 15 is 0 Å². The average molecular weight is 308 g/mol. The fourth-order valence-corrected chi connectivity index (χ4v) is 2.04. The number of ether oxygens (including phenoxy) is 1. The molecular formula is C17H19ClFNO. The fourth-order valence-electron chi connectivity index (χ4n) is 1.84. The maximum atomic E-state index is 13.8. The van der Waals surface area contributed by atoms with Crippen LogP contribution >= 0.6 is 11.6 Å². The van der Waals surface area contributed by atoms with E-state index in [1.54, 1.807) is 18.2 Å². The van der Waals surface area contributed by atoms with Crippen molar-refractivity contribution in [3.63, 3.8) is 0 Å². The zero-order valence-electron chi connectivity index (χ0n) is 12.2. The van der Waals surface area contributed by atoms with E-state index in [0.717, 1.165) is 11.4 Å². The second-order valence-electron chi connectivity index (χ2n) is 5.30. The van der Waals surface area contributed by atoms with Gasteiger partial charge in [-0.3, -0.25) is 0 Å². The van der Waals surface area contributed by atoms with Crippen LogP contribution in [0.1, 0.15) is 19.4 Å². The monoisotopic (exact) mass is 307 g/mol. The Balaban J connectivity index is 2.00. The molecule has 1 N–H and O–H groups in total. The molecule has 2 nitrogen and oxygen atoms in total. The molecule has 0 atom stereocenters. The van der Waals surface area contributed by atoms with Crippen molar-refractivity contribution in [3.05, 3.63) is 58.9 Å². The van der Waals surface area contributed by atoms with Crippen molar-refractivity contribution in [2.24, 2.45) is 5.92 Å². The first kappa shape index (κ1) is 15.6. The van der Waals surface area contributed by atoms with E-state index in [-0.39, 0.29) is 10.8 Å². The van der Waals surface area contributed by atoms with E-state index in [4.69, 9.17) is 16.3 Å². The maximum absolute atomic E-state index is 13.8. The minimum absolute atomic E-state index is 0.142. The number of hydrogen-bond acceptors (Lipinski definition) is 2. The van der Waals surface area contributed by atoms with Crippen LogP contribution < -0.4 is 10.1 Å². The molecule has 0 heterocycles. The van der Waals surface area contributed by atoms with Gasteiger partial charge in [-0.2, -0.15) is 0 Å². The lowest BCUT2D eigenvalue weighted by Crippen LogP contribution is -2.05. The minimum atomic E-state index is -0.376. The number of halogens is 2. The van der Waals surface area contributed by atoms with Crippen molar-refractivity contribution >= 4 is 17.3 Å². The van der Waals surface area contributed by atoms with Gasteiger partial charge in [-0.15, -0.1) is 0 Å². The molecule has 0 unspecified atom stereocenters. The molecule has 4 heteroatoms. The van der Waals surface area contributed by atoms with E-state index in [1.807, 2.05) is 24.3 Å². The predicted octanol–water partition coefficient (Wildman–Crippen LogP) is 5.13. The summed E-state index contributed by atoms with van der Waals surface area (Å²) in [6.07, 6.45) is 0. The van der Waals surface area contributed by atoms with Gasteiger partial charge in [0.2, 0.25) is 0 Å². The summed E-state index contributed by atoms with van der Waals surface area (Å²) in [5.41, 5.74) is 1.42. The molecule has 0 aliphatic rings. The standard InChI is InChI=1S/C17H19ClFNO/c1-12(2)11-21-15-7-4-6-14(9-15)20-10-13-5-3-8-16(18)17(13)19/h3-9,12,20H,10-11H2,1-2H3.